The van der Waals surface area contributed by atoms with Crippen molar-refractivity contribution in [2.45, 2.75) is 0 Å². The van der Waals surface area contributed by atoms with Gasteiger partial charge in [0.05, 0.1) is 0 Å². The van der Waals surface area contributed by atoms with Gasteiger partial charge in [0.25, 0.3) is 0 Å². The summed E-state index contributed by atoms with van der Waals surface area (Å²) in [7, 11) is 0. The molecule has 1 aromatic heterocycles. The van der Waals surface area contributed by atoms with E-state index in [-0.39, 0.29) is 0 Å². The topological polar surface area (TPSA) is 26.0 Å². The Labute approximate surface area is 48.7 Å². The summed E-state index contributed by atoms with van der Waals surface area (Å²) in [6.07, 6.45) is 2.99. The molecule has 0 aromatic carbocycles. The van der Waals surface area contributed by atoms with E-state index in [1.54, 1.807) is 6.26 Å². The summed E-state index contributed by atoms with van der Waals surface area (Å²) in [4.78, 5) is 3.74. The zero-order valence-electron chi connectivity index (χ0n) is 2.89. The lowest BCUT2D eigenvalue weighted by molar-refractivity contribution is 0.557. The largest absolute Gasteiger partial charge is 0.451 e. The molecule has 0 amide bonds. The van der Waals surface area contributed by atoms with Crippen molar-refractivity contribution in [1.29, 1.82) is 0 Å². The van der Waals surface area contributed by atoms with Gasteiger partial charge >= 0.3 is 0 Å². The van der Waals surface area contributed by atoms with Crippen molar-refractivity contribution in [3.8, 4) is 0 Å². The first kappa shape index (κ1) is 4.11. The Bertz CT molecular complexity index is 114. The summed E-state index contributed by atoms with van der Waals surface area (Å²) in [6, 6.07) is 0. The average molecular weight is 195 g/mol. The van der Waals surface area contributed by atoms with Crippen LogP contribution in [0.5, 0.6) is 0 Å². The Morgan fingerprint density at radius 1 is 1.83 bits per heavy atom. The van der Waals surface area contributed by atoms with Crippen molar-refractivity contribution in [1.82, 2.24) is 4.98 Å². The summed E-state index contributed by atoms with van der Waals surface area (Å²) in [5.74, 6) is 0. The smallest absolute Gasteiger partial charge is 0.181 e. The van der Waals surface area contributed by atoms with Crippen molar-refractivity contribution >= 4 is 22.6 Å². The number of nitrogens with zero attached hydrogens (tertiary/aromatic N) is 1. The molecule has 0 atom stereocenters. The van der Waals surface area contributed by atoms with E-state index in [0.717, 1.165) is 3.70 Å². The fraction of sp³-hybridized carbons (Fsp3) is 0. The fourth-order valence-corrected chi connectivity index (χ4v) is 0.458. The van der Waals surface area contributed by atoms with Gasteiger partial charge in [-0.25, -0.2) is 4.98 Å². The fourth-order valence-electron chi connectivity index (χ4n) is 0.198. The molecule has 32 valence electrons. The van der Waals surface area contributed by atoms with Crippen LogP contribution in [0.15, 0.2) is 17.1 Å². The molecule has 0 saturated heterocycles. The van der Waals surface area contributed by atoms with Crippen LogP contribution >= 0.6 is 22.6 Å². The minimum Gasteiger partial charge on any atom is -0.451 e. The minimum atomic E-state index is 0.896. The van der Waals surface area contributed by atoms with Gasteiger partial charge in [-0.1, -0.05) is 0 Å². The second-order valence-corrected chi connectivity index (χ2v) is 1.92. The van der Waals surface area contributed by atoms with Crippen molar-refractivity contribution in [3.63, 3.8) is 0 Å². The summed E-state index contributed by atoms with van der Waals surface area (Å²) in [5.41, 5.74) is 0. The molecule has 0 radical (unpaired) electrons. The Kier molecular flexibility index (Phi) is 1.09. The highest BCUT2D eigenvalue weighted by molar-refractivity contribution is 14.1. The first-order valence-corrected chi connectivity index (χ1v) is 2.51. The van der Waals surface area contributed by atoms with Gasteiger partial charge in [0.2, 0.25) is 0 Å². The van der Waals surface area contributed by atoms with E-state index in [9.17, 15) is 0 Å². The first-order chi connectivity index (χ1) is 2.89. The molecular formula is C3H2INO. The normalized spacial score (nSPS) is 8.83. The average Bonchev–Trinajstić information content (AvgIpc) is 1.86. The van der Waals surface area contributed by atoms with Crippen LogP contribution in [0.4, 0.5) is 0 Å². The summed E-state index contributed by atoms with van der Waals surface area (Å²) in [6.45, 7) is 0. The maximum absolute atomic E-state index is 4.60. The van der Waals surface area contributed by atoms with E-state index in [1.165, 1.54) is 6.39 Å². The molecule has 0 N–H and O–H groups in total. The van der Waals surface area contributed by atoms with Crippen LogP contribution in [0, 0.1) is 3.70 Å². The second kappa shape index (κ2) is 1.59. The van der Waals surface area contributed by atoms with Gasteiger partial charge in [-0.15, -0.1) is 0 Å². The zero-order chi connectivity index (χ0) is 4.41. The second-order valence-electron chi connectivity index (χ2n) is 0.811. The number of hydrogen-bond donors (Lipinski definition) is 0. The van der Waals surface area contributed by atoms with Crippen LogP contribution in [0.3, 0.4) is 0 Å². The molecule has 0 aliphatic heterocycles. The zero-order valence-corrected chi connectivity index (χ0v) is 5.05. The lowest BCUT2D eigenvalue weighted by Gasteiger charge is -1.58. The molecule has 1 aromatic rings. The maximum Gasteiger partial charge on any atom is 0.181 e. The molecule has 0 aliphatic carbocycles. The van der Waals surface area contributed by atoms with E-state index >= 15 is 0 Å². The van der Waals surface area contributed by atoms with Crippen LogP contribution in [-0.4, -0.2) is 4.98 Å². The molecule has 6 heavy (non-hydrogen) atoms. The first-order valence-electron chi connectivity index (χ1n) is 1.43. The van der Waals surface area contributed by atoms with Crippen molar-refractivity contribution in [2.24, 2.45) is 0 Å². The third-order valence-corrected chi connectivity index (χ3v) is 0.935. The number of halogens is 1. The summed E-state index contributed by atoms with van der Waals surface area (Å²) >= 11 is 2.07. The predicted octanol–water partition coefficient (Wildman–Crippen LogP) is 1.28. The molecule has 3 heteroatoms. The van der Waals surface area contributed by atoms with Crippen LogP contribution in [0.25, 0.3) is 0 Å². The number of hydrogen-bond acceptors (Lipinski definition) is 2. The standard InChI is InChI=1S/C3H2INO/c4-3-1-6-2-5-3/h1-2H. The van der Waals surface area contributed by atoms with Crippen molar-refractivity contribution < 1.29 is 4.42 Å². The highest BCUT2D eigenvalue weighted by Gasteiger charge is 1.80. The van der Waals surface area contributed by atoms with E-state index < -0.39 is 0 Å². The molecule has 0 aliphatic rings. The lowest BCUT2D eigenvalue weighted by atomic mass is 11.0. The van der Waals surface area contributed by atoms with Crippen LogP contribution < -0.4 is 0 Å². The summed E-state index contributed by atoms with van der Waals surface area (Å²) < 4.78 is 5.49. The Morgan fingerprint density at radius 2 is 2.67 bits per heavy atom. The SMILES string of the molecule is Ic1cocn1. The van der Waals surface area contributed by atoms with E-state index in [0.29, 0.717) is 0 Å². The molecular weight excluding hydrogens is 193 g/mol. The highest BCUT2D eigenvalue weighted by atomic mass is 127. The maximum atomic E-state index is 4.60. The number of aromatic nitrogens is 1. The number of rotatable bonds is 0. The summed E-state index contributed by atoms with van der Waals surface area (Å²) in [5, 5.41) is 0. The molecule has 0 saturated carbocycles. The minimum absolute atomic E-state index is 0.896. The van der Waals surface area contributed by atoms with Gasteiger partial charge in [-0.2, -0.15) is 0 Å². The van der Waals surface area contributed by atoms with Gasteiger partial charge in [-0.3, -0.25) is 0 Å². The van der Waals surface area contributed by atoms with Crippen LogP contribution in [0.1, 0.15) is 0 Å². The van der Waals surface area contributed by atoms with Gasteiger partial charge in [0, 0.05) is 0 Å². The molecule has 1 rings (SSSR count). The molecule has 0 unspecified atom stereocenters. The molecule has 2 nitrogen and oxygen atoms in total. The van der Waals surface area contributed by atoms with Gasteiger partial charge in [0.15, 0.2) is 6.39 Å². The predicted molar refractivity (Wildman–Crippen MR) is 29.2 cm³/mol. The monoisotopic (exact) mass is 195 g/mol. The molecule has 0 spiro atoms. The number of oxazole rings is 1. The van der Waals surface area contributed by atoms with Crippen molar-refractivity contribution in [3.05, 3.63) is 16.4 Å². The third kappa shape index (κ3) is 0.707. The van der Waals surface area contributed by atoms with Crippen molar-refractivity contribution in [2.75, 3.05) is 0 Å². The van der Waals surface area contributed by atoms with E-state index in [2.05, 4.69) is 32.0 Å². The molecule has 0 fully saturated rings. The molecule has 1 heterocycles. The van der Waals surface area contributed by atoms with E-state index in [4.69, 9.17) is 0 Å². The van der Waals surface area contributed by atoms with Crippen LogP contribution in [0.2, 0.25) is 0 Å². The highest BCUT2D eigenvalue weighted by Crippen LogP contribution is 1.95. The third-order valence-electron chi connectivity index (χ3n) is 0.402. The van der Waals surface area contributed by atoms with Crippen LogP contribution in [-0.2, 0) is 0 Å². The lowest BCUT2D eigenvalue weighted by Crippen LogP contribution is -1.57. The Hall–Kier alpha value is -0.0600. The molecule has 0 bridgehead atoms. The van der Waals surface area contributed by atoms with Gasteiger partial charge in [0.1, 0.15) is 9.96 Å². The van der Waals surface area contributed by atoms with E-state index in [1.807, 2.05) is 0 Å². The Balaban J connectivity index is 3.05. The van der Waals surface area contributed by atoms with Gasteiger partial charge in [-0.05, 0) is 22.6 Å². The van der Waals surface area contributed by atoms with Gasteiger partial charge < -0.3 is 4.42 Å². The quantitative estimate of drug-likeness (QED) is 0.582. The Morgan fingerprint density at radius 3 is 2.83 bits per heavy atom.